The van der Waals surface area contributed by atoms with E-state index < -0.39 is 141 Å². The molecule has 4 fully saturated rings. The van der Waals surface area contributed by atoms with Crippen molar-refractivity contribution in [3.8, 4) is 0 Å². The average Bonchev–Trinajstić information content (AvgIpc) is 3.10. The van der Waals surface area contributed by atoms with Gasteiger partial charge in [0.15, 0.2) is 25.2 Å². The van der Waals surface area contributed by atoms with Crippen LogP contribution in [-0.2, 0) is 47.5 Å². The second-order valence-electron chi connectivity index (χ2n) is 13.0. The Hall–Kier alpha value is -1.74. The van der Waals surface area contributed by atoms with Gasteiger partial charge < -0.3 is 94.5 Å². The van der Waals surface area contributed by atoms with E-state index in [0.29, 0.717) is 0 Å². The van der Waals surface area contributed by atoms with E-state index in [1.54, 1.807) is 6.92 Å². The lowest BCUT2D eigenvalue weighted by Crippen LogP contribution is -2.70. The fourth-order valence-electron chi connectivity index (χ4n) is 6.35. The van der Waals surface area contributed by atoms with E-state index in [1.807, 2.05) is 0 Å². The summed E-state index contributed by atoms with van der Waals surface area (Å²) in [6.07, 6.45) is -29.8. The fourth-order valence-corrected chi connectivity index (χ4v) is 6.35. The number of nitrogens with one attached hydrogen (secondary N) is 2. The van der Waals surface area contributed by atoms with Gasteiger partial charge in [0, 0.05) is 27.0 Å². The number of hydrogen-bond acceptors (Lipinski definition) is 19. The summed E-state index contributed by atoms with van der Waals surface area (Å²) < 4.78 is 46.8. The van der Waals surface area contributed by atoms with Crippen LogP contribution in [0.2, 0.25) is 0 Å². The van der Waals surface area contributed by atoms with Gasteiger partial charge >= 0.3 is 0 Å². The Morgan fingerprint density at radius 2 is 1.14 bits per heavy atom. The molecule has 296 valence electrons. The minimum atomic E-state index is -1.89. The van der Waals surface area contributed by atoms with Crippen molar-refractivity contribution in [1.82, 2.24) is 10.6 Å². The molecule has 0 bridgehead atoms. The molecule has 21 nitrogen and oxygen atoms in total. The molecular formula is C30H52N2O19. The predicted molar refractivity (Wildman–Crippen MR) is 164 cm³/mol. The lowest BCUT2D eigenvalue weighted by molar-refractivity contribution is -0.389. The van der Waals surface area contributed by atoms with Crippen molar-refractivity contribution in [1.29, 1.82) is 0 Å². The van der Waals surface area contributed by atoms with Crippen molar-refractivity contribution in [2.75, 3.05) is 20.3 Å². The van der Waals surface area contributed by atoms with E-state index in [-0.39, 0.29) is 13.0 Å². The van der Waals surface area contributed by atoms with Gasteiger partial charge in [-0.2, -0.15) is 0 Å². The summed E-state index contributed by atoms with van der Waals surface area (Å²) in [6.45, 7) is 4.46. The van der Waals surface area contributed by atoms with Crippen LogP contribution in [0.5, 0.6) is 0 Å². The van der Waals surface area contributed by atoms with Crippen LogP contribution in [0.4, 0.5) is 0 Å². The van der Waals surface area contributed by atoms with Crippen molar-refractivity contribution in [2.45, 2.75) is 157 Å². The van der Waals surface area contributed by atoms with Gasteiger partial charge in [-0.25, -0.2) is 0 Å². The maximum absolute atomic E-state index is 12.5. The first-order chi connectivity index (χ1) is 24.0. The molecule has 4 rings (SSSR count). The minimum absolute atomic E-state index is 0.0835. The lowest BCUT2D eigenvalue weighted by Gasteiger charge is -2.51. The number of methoxy groups -OCH3 is 1. The van der Waals surface area contributed by atoms with Crippen LogP contribution in [0, 0.1) is 0 Å². The molecule has 4 aliphatic rings. The number of carbonyl (C=O) groups excluding carboxylic acids is 2. The fraction of sp³-hybridized carbons (Fsp3) is 0.933. The molecule has 51 heavy (non-hydrogen) atoms. The SMILES string of the molecule is CCC(=O)NC[C@H]1O[C@@H](O[C@@H]2[C@@H](NC(C)=O)[C@H](OC)O[C@H](CO)[C@H]2O[C@@H]2O[C@@H](C)[C@@H](O)[C@@H](O)[C@@H]2O)[C@H](O[C@@H]2O[C@@H](C)[C@@H](O)[C@@H](O)[C@@H]2O)[C@@H](O)[C@H]1O. The van der Waals surface area contributed by atoms with Crippen LogP contribution in [0.15, 0.2) is 0 Å². The van der Waals surface area contributed by atoms with E-state index >= 15 is 0 Å². The van der Waals surface area contributed by atoms with Gasteiger partial charge in [0.1, 0.15) is 85.4 Å². The number of carbonyl (C=O) groups is 2. The van der Waals surface area contributed by atoms with Gasteiger partial charge in [-0.05, 0) is 13.8 Å². The molecule has 2 amide bonds. The zero-order valence-corrected chi connectivity index (χ0v) is 28.8. The number of hydrogen-bond donors (Lipinski definition) is 11. The Morgan fingerprint density at radius 1 is 0.627 bits per heavy atom. The molecule has 0 radical (unpaired) electrons. The number of rotatable bonds is 12. The molecule has 11 N–H and O–H groups in total. The maximum atomic E-state index is 12.5. The van der Waals surface area contributed by atoms with Gasteiger partial charge in [-0.15, -0.1) is 0 Å². The first-order valence-corrected chi connectivity index (χ1v) is 16.7. The first kappa shape index (κ1) is 42.0. The number of ether oxygens (including phenoxy) is 8. The van der Waals surface area contributed by atoms with Crippen LogP contribution >= 0.6 is 0 Å². The summed E-state index contributed by atoms with van der Waals surface area (Å²) in [5, 5.41) is 101. The minimum Gasteiger partial charge on any atom is -0.394 e. The molecule has 0 aromatic carbocycles. The highest BCUT2D eigenvalue weighted by molar-refractivity contribution is 5.75. The lowest BCUT2D eigenvalue weighted by atomic mass is 9.94. The van der Waals surface area contributed by atoms with Crippen LogP contribution < -0.4 is 10.6 Å². The second kappa shape index (κ2) is 18.1. The Balaban J connectivity index is 1.74. The van der Waals surface area contributed by atoms with Gasteiger partial charge in [-0.1, -0.05) is 6.92 Å². The van der Waals surface area contributed by atoms with E-state index in [1.165, 1.54) is 27.9 Å². The molecule has 4 heterocycles. The van der Waals surface area contributed by atoms with Crippen molar-refractivity contribution < 1.29 is 93.4 Å². The standard InChI is InChI=1S/C30H52N2O19/c1-6-14(35)31-7-12-18(38)21(41)26(51-29-23(43)20(40)17(37)10(3)46-29)30(47-12)50-25-15(32-11(4)34)27(44-5)48-13(8-33)24(25)49-28-22(42)19(39)16(36)9(2)45-28/h9-10,12-13,15-30,33,36-43H,6-8H2,1-5H3,(H,31,35)(H,32,34)/t9-,10-,12+,13+,15+,16+,17+,18-,19+,20+,21-,22-,23-,24+,25+,26+,27+,28-,29-,30-/m0/s1. The second-order valence-corrected chi connectivity index (χ2v) is 13.0. The van der Waals surface area contributed by atoms with E-state index in [0.717, 1.165) is 0 Å². The summed E-state index contributed by atoms with van der Waals surface area (Å²) >= 11 is 0. The summed E-state index contributed by atoms with van der Waals surface area (Å²) in [7, 11) is 1.23. The number of aliphatic hydroxyl groups is 9. The van der Waals surface area contributed by atoms with Crippen LogP contribution in [0.25, 0.3) is 0 Å². The Morgan fingerprint density at radius 3 is 1.63 bits per heavy atom. The zero-order chi connectivity index (χ0) is 37.9. The number of aliphatic hydroxyl groups excluding tert-OH is 9. The van der Waals surface area contributed by atoms with E-state index in [2.05, 4.69) is 10.6 Å². The molecule has 0 saturated carbocycles. The van der Waals surface area contributed by atoms with E-state index in [9.17, 15) is 55.5 Å². The smallest absolute Gasteiger partial charge is 0.219 e. The van der Waals surface area contributed by atoms with E-state index in [4.69, 9.17) is 37.9 Å². The highest BCUT2D eigenvalue weighted by Gasteiger charge is 2.56. The Bertz CT molecular complexity index is 1140. The third-order valence-corrected chi connectivity index (χ3v) is 9.39. The van der Waals surface area contributed by atoms with Gasteiger partial charge in [0.05, 0.1) is 18.8 Å². The van der Waals surface area contributed by atoms with Crippen LogP contribution in [0.3, 0.4) is 0 Å². The Labute approximate surface area is 293 Å². The third kappa shape index (κ3) is 9.32. The van der Waals surface area contributed by atoms with Crippen molar-refractivity contribution in [3.05, 3.63) is 0 Å². The molecule has 4 aliphatic heterocycles. The molecular weight excluding hydrogens is 692 g/mol. The molecule has 0 spiro atoms. The summed E-state index contributed by atoms with van der Waals surface area (Å²) in [5.41, 5.74) is 0. The molecule has 0 unspecified atom stereocenters. The Kier molecular flexibility index (Phi) is 14.9. The maximum Gasteiger partial charge on any atom is 0.219 e. The largest absolute Gasteiger partial charge is 0.394 e. The van der Waals surface area contributed by atoms with Gasteiger partial charge in [0.2, 0.25) is 11.8 Å². The van der Waals surface area contributed by atoms with Crippen molar-refractivity contribution in [2.24, 2.45) is 0 Å². The quantitative estimate of drug-likeness (QED) is 0.0885. The molecule has 0 aliphatic carbocycles. The van der Waals surface area contributed by atoms with Gasteiger partial charge in [-0.3, -0.25) is 9.59 Å². The summed E-state index contributed by atoms with van der Waals surface area (Å²) in [5.74, 6) is -1.03. The summed E-state index contributed by atoms with van der Waals surface area (Å²) in [4.78, 5) is 24.5. The number of amides is 2. The third-order valence-electron chi connectivity index (χ3n) is 9.39. The molecule has 0 aromatic heterocycles. The zero-order valence-electron chi connectivity index (χ0n) is 28.8. The molecule has 21 heteroatoms. The van der Waals surface area contributed by atoms with Crippen LogP contribution in [-0.4, -0.2) is 201 Å². The van der Waals surface area contributed by atoms with Gasteiger partial charge in [0.25, 0.3) is 0 Å². The summed E-state index contributed by atoms with van der Waals surface area (Å²) in [6, 6.07) is -1.31. The predicted octanol–water partition coefficient (Wildman–Crippen LogP) is -6.36. The first-order valence-electron chi connectivity index (χ1n) is 16.7. The highest BCUT2D eigenvalue weighted by atomic mass is 16.8. The molecule has 4 saturated heterocycles. The van der Waals surface area contributed by atoms with Crippen LogP contribution in [0.1, 0.15) is 34.1 Å². The monoisotopic (exact) mass is 744 g/mol. The van der Waals surface area contributed by atoms with Crippen molar-refractivity contribution >= 4 is 11.8 Å². The average molecular weight is 745 g/mol. The highest BCUT2D eigenvalue weighted by Crippen LogP contribution is 2.35. The van der Waals surface area contributed by atoms with Crippen molar-refractivity contribution in [3.63, 3.8) is 0 Å². The molecule has 0 aromatic rings. The molecule has 20 atom stereocenters. The topological polar surface area (TPSA) is 314 Å². The normalized spacial score (nSPS) is 47.8.